The van der Waals surface area contributed by atoms with Crippen molar-refractivity contribution in [2.45, 2.75) is 10.1 Å². The Morgan fingerprint density at radius 3 is 2.88 bits per heavy atom. The van der Waals surface area contributed by atoms with E-state index in [0.717, 1.165) is 0 Å². The van der Waals surface area contributed by atoms with E-state index in [-0.39, 0.29) is 5.95 Å². The molecular formula is C9H9ClN6S. The second kappa shape index (κ2) is 5.17. The molecule has 17 heavy (non-hydrogen) atoms. The molecule has 0 aliphatic heterocycles. The Bertz CT molecular complexity index is 535. The summed E-state index contributed by atoms with van der Waals surface area (Å²) in [7, 11) is 0. The highest BCUT2D eigenvalue weighted by molar-refractivity contribution is 7.99. The van der Waals surface area contributed by atoms with Gasteiger partial charge in [0.15, 0.2) is 0 Å². The van der Waals surface area contributed by atoms with E-state index in [0.29, 0.717) is 20.9 Å². The smallest absolute Gasteiger partial charge is 0.223 e. The number of pyridine rings is 1. The van der Waals surface area contributed by atoms with Gasteiger partial charge in [-0.15, -0.1) is 0 Å². The van der Waals surface area contributed by atoms with Crippen molar-refractivity contribution >= 4 is 35.1 Å². The Kier molecular flexibility index (Phi) is 3.62. The maximum Gasteiger partial charge on any atom is 0.223 e. The molecule has 8 heteroatoms. The number of nitrogen functional groups attached to an aromatic ring is 2. The van der Waals surface area contributed by atoms with Gasteiger partial charge < -0.3 is 11.2 Å². The number of anilines is 2. The third-order valence-corrected chi connectivity index (χ3v) is 3.15. The lowest BCUT2D eigenvalue weighted by molar-refractivity contribution is 1.04. The normalized spacial score (nSPS) is 10.2. The van der Waals surface area contributed by atoms with Gasteiger partial charge >= 0.3 is 0 Å². The summed E-state index contributed by atoms with van der Waals surface area (Å²) in [4.78, 5) is 12.1. The lowest BCUT2D eigenvalue weighted by Crippen LogP contribution is -2.10. The molecule has 0 amide bonds. The van der Waals surface area contributed by atoms with Crippen molar-refractivity contribution in [2.75, 3.05) is 11.2 Å². The quantitative estimate of drug-likeness (QED) is 0.441. The van der Waals surface area contributed by atoms with Crippen LogP contribution in [0.2, 0.25) is 5.02 Å². The van der Waals surface area contributed by atoms with Crippen molar-refractivity contribution < 1.29 is 0 Å². The number of aromatic nitrogens is 3. The summed E-state index contributed by atoms with van der Waals surface area (Å²) in [6.07, 6.45) is 1.65. The Morgan fingerprint density at radius 1 is 1.35 bits per heavy atom. The largest absolute Gasteiger partial charge is 0.368 e. The van der Waals surface area contributed by atoms with E-state index in [2.05, 4.69) is 20.4 Å². The van der Waals surface area contributed by atoms with Gasteiger partial charge in [0.2, 0.25) is 5.95 Å². The number of hydrogen-bond acceptors (Lipinski definition) is 7. The fourth-order valence-corrected chi connectivity index (χ4v) is 2.14. The zero-order valence-corrected chi connectivity index (χ0v) is 10.2. The molecule has 2 heterocycles. The molecule has 2 rings (SSSR count). The van der Waals surface area contributed by atoms with Gasteiger partial charge in [-0.3, -0.25) is 0 Å². The summed E-state index contributed by atoms with van der Waals surface area (Å²) in [5, 5.41) is 1.82. The van der Waals surface area contributed by atoms with Crippen molar-refractivity contribution in [2.24, 2.45) is 5.84 Å². The van der Waals surface area contributed by atoms with Gasteiger partial charge in [-0.25, -0.2) is 15.8 Å². The number of hydrazine groups is 1. The number of nitrogens with zero attached hydrogens (tertiary/aromatic N) is 3. The Morgan fingerprint density at radius 2 is 2.18 bits per heavy atom. The van der Waals surface area contributed by atoms with Crippen molar-refractivity contribution in [3.05, 3.63) is 29.4 Å². The van der Waals surface area contributed by atoms with E-state index < -0.39 is 0 Å². The van der Waals surface area contributed by atoms with Crippen LogP contribution < -0.4 is 17.0 Å². The van der Waals surface area contributed by atoms with Crippen molar-refractivity contribution in [1.29, 1.82) is 0 Å². The predicted molar refractivity (Wildman–Crippen MR) is 67.6 cm³/mol. The van der Waals surface area contributed by atoms with E-state index >= 15 is 0 Å². The summed E-state index contributed by atoms with van der Waals surface area (Å²) in [6, 6.07) is 5.17. The number of rotatable bonds is 3. The maximum absolute atomic E-state index is 5.99. The molecule has 2 aromatic rings. The zero-order valence-electron chi connectivity index (χ0n) is 8.59. The first-order chi connectivity index (χ1) is 8.19. The molecule has 0 spiro atoms. The molecule has 5 N–H and O–H groups in total. The molecule has 0 saturated heterocycles. The topological polar surface area (TPSA) is 103 Å². The number of nitrogens with two attached hydrogens (primary N) is 2. The fourth-order valence-electron chi connectivity index (χ4n) is 1.11. The van der Waals surface area contributed by atoms with Crippen LogP contribution in [0.1, 0.15) is 0 Å². The molecule has 0 aliphatic carbocycles. The first-order valence-electron chi connectivity index (χ1n) is 4.58. The lowest BCUT2D eigenvalue weighted by Gasteiger charge is -2.05. The summed E-state index contributed by atoms with van der Waals surface area (Å²) in [5.74, 6) is 5.84. The van der Waals surface area contributed by atoms with E-state index in [1.54, 1.807) is 24.4 Å². The van der Waals surface area contributed by atoms with Gasteiger partial charge in [-0.1, -0.05) is 11.6 Å². The minimum Gasteiger partial charge on any atom is -0.368 e. The highest BCUT2D eigenvalue weighted by Gasteiger charge is 2.07. The van der Waals surface area contributed by atoms with Gasteiger partial charge in [-0.2, -0.15) is 4.98 Å². The standard InChI is InChI=1S/C9H9ClN6S/c10-5-2-1-3-13-8(5)17-7-4-6(16-12)14-9(11)15-7/h1-4H,12H2,(H3,11,14,15,16). The molecule has 0 radical (unpaired) electrons. The summed E-state index contributed by atoms with van der Waals surface area (Å²) in [5.41, 5.74) is 7.95. The van der Waals surface area contributed by atoms with Crippen LogP contribution in [-0.2, 0) is 0 Å². The molecule has 88 valence electrons. The van der Waals surface area contributed by atoms with Crippen LogP contribution in [0.5, 0.6) is 0 Å². The Hall–Kier alpha value is -1.57. The monoisotopic (exact) mass is 268 g/mol. The highest BCUT2D eigenvalue weighted by Crippen LogP contribution is 2.30. The molecular weight excluding hydrogens is 260 g/mol. The average molecular weight is 269 g/mol. The Balaban J connectivity index is 2.30. The summed E-state index contributed by atoms with van der Waals surface area (Å²) < 4.78 is 0. The second-order valence-corrected chi connectivity index (χ2v) is 4.40. The van der Waals surface area contributed by atoms with Crippen LogP contribution >= 0.6 is 23.4 Å². The maximum atomic E-state index is 5.99. The van der Waals surface area contributed by atoms with E-state index in [4.69, 9.17) is 23.2 Å². The van der Waals surface area contributed by atoms with Crippen LogP contribution in [0.15, 0.2) is 34.4 Å². The zero-order chi connectivity index (χ0) is 12.3. The van der Waals surface area contributed by atoms with Crippen LogP contribution in [0.3, 0.4) is 0 Å². The van der Waals surface area contributed by atoms with Gasteiger partial charge in [-0.05, 0) is 23.9 Å². The van der Waals surface area contributed by atoms with Crippen molar-refractivity contribution in [1.82, 2.24) is 15.0 Å². The van der Waals surface area contributed by atoms with Crippen molar-refractivity contribution in [3.8, 4) is 0 Å². The minimum absolute atomic E-state index is 0.134. The molecule has 0 aromatic carbocycles. The van der Waals surface area contributed by atoms with Crippen molar-refractivity contribution in [3.63, 3.8) is 0 Å². The molecule has 6 nitrogen and oxygen atoms in total. The van der Waals surface area contributed by atoms with Gasteiger partial charge in [0.1, 0.15) is 15.9 Å². The van der Waals surface area contributed by atoms with Gasteiger partial charge in [0, 0.05) is 12.3 Å². The van der Waals surface area contributed by atoms with Gasteiger partial charge in [0.05, 0.1) is 5.02 Å². The third kappa shape index (κ3) is 2.96. The molecule has 0 fully saturated rings. The van der Waals surface area contributed by atoms with Crippen LogP contribution in [0.25, 0.3) is 0 Å². The first kappa shape index (κ1) is 11.9. The van der Waals surface area contributed by atoms with E-state index in [9.17, 15) is 0 Å². The molecule has 0 saturated carbocycles. The highest BCUT2D eigenvalue weighted by atomic mass is 35.5. The number of nitrogens with one attached hydrogen (secondary N) is 1. The molecule has 0 bridgehead atoms. The number of hydrogen-bond donors (Lipinski definition) is 3. The Labute approximate surface area is 107 Å². The lowest BCUT2D eigenvalue weighted by atomic mass is 10.5. The second-order valence-electron chi connectivity index (χ2n) is 2.99. The summed E-state index contributed by atoms with van der Waals surface area (Å²) in [6.45, 7) is 0. The molecule has 0 aliphatic rings. The third-order valence-electron chi connectivity index (χ3n) is 1.79. The predicted octanol–water partition coefficient (Wildman–Crippen LogP) is 1.54. The van der Waals surface area contributed by atoms with E-state index in [1.807, 2.05) is 0 Å². The molecule has 0 unspecified atom stereocenters. The number of halogens is 1. The van der Waals surface area contributed by atoms with Gasteiger partial charge in [0.25, 0.3) is 0 Å². The fraction of sp³-hybridized carbons (Fsp3) is 0. The minimum atomic E-state index is 0.134. The summed E-state index contributed by atoms with van der Waals surface area (Å²) >= 11 is 7.28. The first-order valence-corrected chi connectivity index (χ1v) is 5.78. The van der Waals surface area contributed by atoms with Crippen LogP contribution in [0, 0.1) is 0 Å². The van der Waals surface area contributed by atoms with Crippen LogP contribution in [-0.4, -0.2) is 15.0 Å². The average Bonchev–Trinajstić information content (AvgIpc) is 2.31. The van der Waals surface area contributed by atoms with Crippen LogP contribution in [0.4, 0.5) is 11.8 Å². The molecule has 2 aromatic heterocycles. The van der Waals surface area contributed by atoms with E-state index in [1.165, 1.54) is 11.8 Å². The molecule has 0 atom stereocenters. The SMILES string of the molecule is NNc1cc(Sc2ncccc2Cl)nc(N)n1.